The SMILES string of the molecule is CCNS(=O)(=O)NC1(C(=O)O)CCCCC1. The summed E-state index contributed by atoms with van der Waals surface area (Å²) in [6.07, 6.45) is 3.14. The first-order valence-electron chi connectivity index (χ1n) is 5.44. The smallest absolute Gasteiger partial charge is 0.324 e. The highest BCUT2D eigenvalue weighted by Gasteiger charge is 2.42. The first-order chi connectivity index (χ1) is 7.42. The Balaban J connectivity index is 2.83. The first kappa shape index (κ1) is 13.4. The molecule has 0 aromatic carbocycles. The summed E-state index contributed by atoms with van der Waals surface area (Å²) in [5.41, 5.74) is -1.32. The summed E-state index contributed by atoms with van der Waals surface area (Å²) in [6.45, 7) is 1.89. The van der Waals surface area contributed by atoms with Gasteiger partial charge in [-0.2, -0.15) is 13.1 Å². The quantitative estimate of drug-likeness (QED) is 0.650. The fraction of sp³-hybridized carbons (Fsp3) is 0.889. The van der Waals surface area contributed by atoms with Crippen LogP contribution in [0, 0.1) is 0 Å². The largest absolute Gasteiger partial charge is 0.480 e. The van der Waals surface area contributed by atoms with Crippen LogP contribution in [-0.2, 0) is 15.0 Å². The lowest BCUT2D eigenvalue weighted by atomic mass is 9.83. The van der Waals surface area contributed by atoms with E-state index in [-0.39, 0.29) is 6.54 Å². The Morgan fingerprint density at radius 1 is 1.31 bits per heavy atom. The molecule has 94 valence electrons. The van der Waals surface area contributed by atoms with Crippen molar-refractivity contribution < 1.29 is 18.3 Å². The van der Waals surface area contributed by atoms with Gasteiger partial charge in [0, 0.05) is 6.54 Å². The van der Waals surface area contributed by atoms with Gasteiger partial charge in [0.2, 0.25) is 0 Å². The van der Waals surface area contributed by atoms with Crippen LogP contribution < -0.4 is 9.44 Å². The summed E-state index contributed by atoms with van der Waals surface area (Å²) in [6, 6.07) is 0. The molecule has 16 heavy (non-hydrogen) atoms. The second kappa shape index (κ2) is 5.11. The van der Waals surface area contributed by atoms with Crippen LogP contribution in [0.25, 0.3) is 0 Å². The molecule has 0 radical (unpaired) electrons. The van der Waals surface area contributed by atoms with Crippen LogP contribution in [0.3, 0.4) is 0 Å². The van der Waals surface area contributed by atoms with Crippen molar-refractivity contribution in [3.05, 3.63) is 0 Å². The third-order valence-electron chi connectivity index (χ3n) is 2.78. The number of hydrogen-bond donors (Lipinski definition) is 3. The molecular weight excluding hydrogens is 232 g/mol. The highest BCUT2D eigenvalue weighted by molar-refractivity contribution is 7.87. The summed E-state index contributed by atoms with van der Waals surface area (Å²) in [5.74, 6) is -1.09. The fourth-order valence-corrected chi connectivity index (χ4v) is 3.26. The molecule has 0 unspecified atom stereocenters. The summed E-state index contributed by atoms with van der Waals surface area (Å²) >= 11 is 0. The van der Waals surface area contributed by atoms with Gasteiger partial charge in [-0.05, 0) is 12.8 Å². The summed E-state index contributed by atoms with van der Waals surface area (Å²) in [4.78, 5) is 11.2. The predicted molar refractivity (Wildman–Crippen MR) is 59.2 cm³/mol. The lowest BCUT2D eigenvalue weighted by molar-refractivity contribution is -0.145. The third kappa shape index (κ3) is 3.16. The van der Waals surface area contributed by atoms with Crippen molar-refractivity contribution in [3.63, 3.8) is 0 Å². The Kier molecular flexibility index (Phi) is 4.28. The van der Waals surface area contributed by atoms with E-state index < -0.39 is 21.7 Å². The van der Waals surface area contributed by atoms with Crippen molar-refractivity contribution in [1.82, 2.24) is 9.44 Å². The Labute approximate surface area is 95.6 Å². The molecule has 0 saturated heterocycles. The van der Waals surface area contributed by atoms with Gasteiger partial charge in [-0.15, -0.1) is 0 Å². The Morgan fingerprint density at radius 2 is 1.88 bits per heavy atom. The maximum atomic E-state index is 11.5. The molecule has 0 aromatic rings. The van der Waals surface area contributed by atoms with Crippen molar-refractivity contribution in [2.45, 2.75) is 44.6 Å². The molecule has 1 aliphatic rings. The van der Waals surface area contributed by atoms with E-state index in [1.807, 2.05) is 0 Å². The average Bonchev–Trinajstić information content (AvgIpc) is 2.17. The van der Waals surface area contributed by atoms with Gasteiger partial charge in [-0.3, -0.25) is 4.79 Å². The lowest BCUT2D eigenvalue weighted by Gasteiger charge is -2.33. The van der Waals surface area contributed by atoms with E-state index in [0.29, 0.717) is 12.8 Å². The van der Waals surface area contributed by atoms with E-state index in [4.69, 9.17) is 5.11 Å². The number of aliphatic carboxylic acids is 1. The van der Waals surface area contributed by atoms with E-state index in [1.54, 1.807) is 6.92 Å². The van der Waals surface area contributed by atoms with Gasteiger partial charge < -0.3 is 5.11 Å². The lowest BCUT2D eigenvalue weighted by Crippen LogP contribution is -2.58. The second-order valence-corrected chi connectivity index (χ2v) is 5.55. The van der Waals surface area contributed by atoms with Gasteiger partial charge >= 0.3 is 5.97 Å². The van der Waals surface area contributed by atoms with Crippen LogP contribution >= 0.6 is 0 Å². The summed E-state index contributed by atoms with van der Waals surface area (Å²) < 4.78 is 27.6. The first-order valence-corrected chi connectivity index (χ1v) is 6.92. The van der Waals surface area contributed by atoms with Gasteiger partial charge in [0.15, 0.2) is 0 Å². The molecule has 6 nitrogen and oxygen atoms in total. The highest BCUT2D eigenvalue weighted by Crippen LogP contribution is 2.28. The minimum absolute atomic E-state index is 0.241. The zero-order valence-corrected chi connectivity index (χ0v) is 10.1. The Hall–Kier alpha value is -0.660. The standard InChI is InChI=1S/C9H18N2O4S/c1-2-10-16(14,15)11-9(8(12)13)6-4-3-5-7-9/h10-11H,2-7H2,1H3,(H,12,13). The van der Waals surface area contributed by atoms with E-state index in [9.17, 15) is 13.2 Å². The van der Waals surface area contributed by atoms with E-state index in [1.165, 1.54) is 0 Å². The van der Waals surface area contributed by atoms with Gasteiger partial charge in [0.25, 0.3) is 10.2 Å². The number of rotatable bonds is 5. The van der Waals surface area contributed by atoms with Gasteiger partial charge in [0.05, 0.1) is 0 Å². The van der Waals surface area contributed by atoms with Crippen molar-refractivity contribution in [2.75, 3.05) is 6.54 Å². The molecule has 1 fully saturated rings. The van der Waals surface area contributed by atoms with Crippen LogP contribution in [0.5, 0.6) is 0 Å². The fourth-order valence-electron chi connectivity index (χ4n) is 2.00. The number of nitrogens with one attached hydrogen (secondary N) is 2. The van der Waals surface area contributed by atoms with Gasteiger partial charge in [-0.25, -0.2) is 4.72 Å². The molecule has 1 rings (SSSR count). The predicted octanol–water partition coefficient (Wildman–Crippen LogP) is 0.218. The van der Waals surface area contributed by atoms with E-state index in [0.717, 1.165) is 19.3 Å². The summed E-state index contributed by atoms with van der Waals surface area (Å²) in [7, 11) is -3.72. The minimum Gasteiger partial charge on any atom is -0.480 e. The Morgan fingerprint density at radius 3 is 2.31 bits per heavy atom. The van der Waals surface area contributed by atoms with Gasteiger partial charge in [-0.1, -0.05) is 26.2 Å². The number of carbonyl (C=O) groups is 1. The molecule has 0 amide bonds. The maximum absolute atomic E-state index is 11.5. The van der Waals surface area contributed by atoms with Crippen molar-refractivity contribution in [2.24, 2.45) is 0 Å². The molecule has 3 N–H and O–H groups in total. The molecule has 0 aliphatic heterocycles. The molecule has 0 bridgehead atoms. The Bertz CT molecular complexity index is 347. The van der Waals surface area contributed by atoms with Crippen LogP contribution in [0.4, 0.5) is 0 Å². The van der Waals surface area contributed by atoms with Crippen molar-refractivity contribution in [3.8, 4) is 0 Å². The third-order valence-corrected chi connectivity index (χ3v) is 4.11. The molecule has 7 heteroatoms. The maximum Gasteiger partial charge on any atom is 0.324 e. The van der Waals surface area contributed by atoms with E-state index >= 15 is 0 Å². The number of hydrogen-bond acceptors (Lipinski definition) is 3. The highest BCUT2D eigenvalue weighted by atomic mass is 32.2. The van der Waals surface area contributed by atoms with Crippen LogP contribution in [0.15, 0.2) is 0 Å². The molecule has 0 heterocycles. The van der Waals surface area contributed by atoms with E-state index in [2.05, 4.69) is 9.44 Å². The normalized spacial score (nSPS) is 20.6. The molecule has 0 spiro atoms. The molecule has 1 aliphatic carbocycles. The zero-order valence-electron chi connectivity index (χ0n) is 9.32. The van der Waals surface area contributed by atoms with Crippen LogP contribution in [-0.4, -0.2) is 31.6 Å². The van der Waals surface area contributed by atoms with Gasteiger partial charge in [0.1, 0.15) is 5.54 Å². The topological polar surface area (TPSA) is 95.5 Å². The minimum atomic E-state index is -3.72. The zero-order chi connectivity index (χ0) is 12.2. The molecule has 0 atom stereocenters. The molecule has 1 saturated carbocycles. The summed E-state index contributed by atoms with van der Waals surface area (Å²) in [5, 5.41) is 9.17. The van der Waals surface area contributed by atoms with Crippen molar-refractivity contribution >= 4 is 16.2 Å². The van der Waals surface area contributed by atoms with Crippen LogP contribution in [0.1, 0.15) is 39.0 Å². The average molecular weight is 250 g/mol. The molecule has 0 aromatic heterocycles. The van der Waals surface area contributed by atoms with Crippen LogP contribution in [0.2, 0.25) is 0 Å². The monoisotopic (exact) mass is 250 g/mol. The number of carboxylic acids is 1. The van der Waals surface area contributed by atoms with Crippen molar-refractivity contribution in [1.29, 1.82) is 0 Å². The molecular formula is C9H18N2O4S. The second-order valence-electron chi connectivity index (χ2n) is 4.05. The number of carboxylic acid groups (broad SMARTS) is 1.